The van der Waals surface area contributed by atoms with E-state index in [0.717, 1.165) is 31.6 Å². The Morgan fingerprint density at radius 3 is 2.29 bits per heavy atom. The fourth-order valence-electron chi connectivity index (χ4n) is 3.40. The van der Waals surface area contributed by atoms with Gasteiger partial charge in [0.15, 0.2) is 0 Å². The number of likely N-dealkylation sites (tertiary alicyclic amines) is 1. The van der Waals surface area contributed by atoms with Crippen LogP contribution in [0, 0.1) is 11.8 Å². The van der Waals surface area contributed by atoms with Gasteiger partial charge in [0.25, 0.3) is 0 Å². The standard InChI is InChI=1S/C15H27N3O3/c1-2-11-3-5-12(6-4-11)13(19)17-15(16)7-9-18(10-8-15)14(20)21/h11-12H,2-10,16H2,1H3,(H,17,19)(H,20,21). The number of nitrogens with zero attached hydrogens (tertiary/aromatic N) is 1. The van der Waals surface area contributed by atoms with Crippen molar-refractivity contribution in [1.29, 1.82) is 0 Å². The first kappa shape index (κ1) is 16.1. The minimum Gasteiger partial charge on any atom is -0.465 e. The highest BCUT2D eigenvalue weighted by Gasteiger charge is 2.36. The lowest BCUT2D eigenvalue weighted by molar-refractivity contribution is -0.128. The Bertz CT molecular complexity index is 384. The van der Waals surface area contributed by atoms with Crippen molar-refractivity contribution in [3.63, 3.8) is 0 Å². The zero-order chi connectivity index (χ0) is 15.5. The number of amides is 2. The van der Waals surface area contributed by atoms with Crippen LogP contribution in [-0.4, -0.2) is 40.8 Å². The van der Waals surface area contributed by atoms with Gasteiger partial charge in [0.2, 0.25) is 5.91 Å². The van der Waals surface area contributed by atoms with Gasteiger partial charge in [0.1, 0.15) is 0 Å². The van der Waals surface area contributed by atoms with Crippen molar-refractivity contribution in [3.05, 3.63) is 0 Å². The molecule has 1 aliphatic carbocycles. The quantitative estimate of drug-likeness (QED) is 0.691. The summed E-state index contributed by atoms with van der Waals surface area (Å²) >= 11 is 0. The van der Waals surface area contributed by atoms with E-state index >= 15 is 0 Å². The number of hydrogen-bond acceptors (Lipinski definition) is 3. The zero-order valence-corrected chi connectivity index (χ0v) is 12.8. The molecule has 4 N–H and O–H groups in total. The van der Waals surface area contributed by atoms with Crippen LogP contribution < -0.4 is 11.1 Å². The van der Waals surface area contributed by atoms with Crippen LogP contribution in [0.15, 0.2) is 0 Å². The second kappa shape index (κ2) is 6.64. The lowest BCUT2D eigenvalue weighted by atomic mass is 9.80. The summed E-state index contributed by atoms with van der Waals surface area (Å²) in [5.41, 5.74) is 5.49. The molecule has 2 rings (SSSR count). The first-order valence-electron chi connectivity index (χ1n) is 8.02. The van der Waals surface area contributed by atoms with Crippen molar-refractivity contribution in [3.8, 4) is 0 Å². The third-order valence-electron chi connectivity index (χ3n) is 5.09. The fraction of sp³-hybridized carbons (Fsp3) is 0.867. The van der Waals surface area contributed by atoms with Crippen LogP contribution in [0.5, 0.6) is 0 Å². The topological polar surface area (TPSA) is 95.7 Å². The van der Waals surface area contributed by atoms with Gasteiger partial charge in [-0.25, -0.2) is 4.79 Å². The second-order valence-corrected chi connectivity index (χ2v) is 6.54. The summed E-state index contributed by atoms with van der Waals surface area (Å²) in [5.74, 6) is 0.890. The molecule has 6 heteroatoms. The van der Waals surface area contributed by atoms with E-state index in [-0.39, 0.29) is 11.8 Å². The molecule has 0 spiro atoms. The summed E-state index contributed by atoms with van der Waals surface area (Å²) in [4.78, 5) is 24.6. The molecule has 0 atom stereocenters. The second-order valence-electron chi connectivity index (χ2n) is 6.54. The van der Waals surface area contributed by atoms with E-state index in [9.17, 15) is 9.59 Å². The van der Waals surface area contributed by atoms with Crippen LogP contribution in [-0.2, 0) is 4.79 Å². The summed E-state index contributed by atoms with van der Waals surface area (Å²) in [6.07, 6.45) is 5.38. The zero-order valence-electron chi connectivity index (χ0n) is 12.8. The summed E-state index contributed by atoms with van der Waals surface area (Å²) in [6, 6.07) is 0. The van der Waals surface area contributed by atoms with E-state index in [2.05, 4.69) is 12.2 Å². The summed E-state index contributed by atoms with van der Waals surface area (Å²) < 4.78 is 0. The Labute approximate surface area is 126 Å². The molecule has 6 nitrogen and oxygen atoms in total. The van der Waals surface area contributed by atoms with E-state index in [0.29, 0.717) is 25.9 Å². The summed E-state index contributed by atoms with van der Waals surface area (Å²) in [7, 11) is 0. The van der Waals surface area contributed by atoms with Gasteiger partial charge >= 0.3 is 6.09 Å². The van der Waals surface area contributed by atoms with Crippen LogP contribution in [0.2, 0.25) is 0 Å². The Morgan fingerprint density at radius 1 is 1.24 bits per heavy atom. The normalized spacial score (nSPS) is 29.0. The monoisotopic (exact) mass is 297 g/mol. The van der Waals surface area contributed by atoms with Gasteiger partial charge in [0, 0.05) is 31.8 Å². The van der Waals surface area contributed by atoms with Crippen molar-refractivity contribution in [1.82, 2.24) is 10.2 Å². The van der Waals surface area contributed by atoms with E-state index < -0.39 is 11.8 Å². The van der Waals surface area contributed by atoms with Crippen molar-refractivity contribution in [2.75, 3.05) is 13.1 Å². The number of rotatable bonds is 3. The highest BCUT2D eigenvalue weighted by atomic mass is 16.4. The number of piperidine rings is 1. The van der Waals surface area contributed by atoms with Gasteiger partial charge in [-0.1, -0.05) is 13.3 Å². The van der Waals surface area contributed by atoms with Gasteiger partial charge in [-0.2, -0.15) is 0 Å². The number of hydrogen-bond donors (Lipinski definition) is 3. The molecule has 120 valence electrons. The van der Waals surface area contributed by atoms with Crippen molar-refractivity contribution in [2.45, 2.75) is 57.5 Å². The number of nitrogens with two attached hydrogens (primary N) is 1. The van der Waals surface area contributed by atoms with Crippen molar-refractivity contribution in [2.24, 2.45) is 17.6 Å². The van der Waals surface area contributed by atoms with Crippen LogP contribution in [0.25, 0.3) is 0 Å². The Kier molecular flexibility index (Phi) is 5.08. The molecular formula is C15H27N3O3. The van der Waals surface area contributed by atoms with Crippen molar-refractivity contribution >= 4 is 12.0 Å². The molecule has 0 bridgehead atoms. The molecule has 1 heterocycles. The first-order chi connectivity index (χ1) is 9.93. The predicted molar refractivity (Wildman–Crippen MR) is 79.6 cm³/mol. The molecule has 0 radical (unpaired) electrons. The minimum atomic E-state index is -0.915. The number of carboxylic acid groups (broad SMARTS) is 1. The Morgan fingerprint density at radius 2 is 1.81 bits per heavy atom. The van der Waals surface area contributed by atoms with Gasteiger partial charge in [-0.05, 0) is 31.6 Å². The maximum Gasteiger partial charge on any atom is 0.407 e. The molecule has 21 heavy (non-hydrogen) atoms. The fourth-order valence-corrected chi connectivity index (χ4v) is 3.40. The lowest BCUT2D eigenvalue weighted by Gasteiger charge is -2.39. The van der Waals surface area contributed by atoms with E-state index in [1.54, 1.807) is 0 Å². The molecule has 1 aliphatic heterocycles. The first-order valence-corrected chi connectivity index (χ1v) is 8.02. The molecule has 0 aromatic carbocycles. The molecule has 2 amide bonds. The van der Waals surface area contributed by atoms with Crippen LogP contribution >= 0.6 is 0 Å². The SMILES string of the molecule is CCC1CCC(C(=O)NC2(N)CCN(C(=O)O)CC2)CC1. The molecule has 0 aromatic heterocycles. The molecule has 1 saturated heterocycles. The molecular weight excluding hydrogens is 270 g/mol. The Hall–Kier alpha value is -1.30. The van der Waals surface area contributed by atoms with Crippen LogP contribution in [0.3, 0.4) is 0 Å². The molecule has 2 aliphatic rings. The minimum absolute atomic E-state index is 0.0517. The molecule has 2 fully saturated rings. The van der Waals surface area contributed by atoms with Gasteiger partial charge in [-0.3, -0.25) is 4.79 Å². The smallest absolute Gasteiger partial charge is 0.407 e. The number of nitrogens with one attached hydrogen (secondary N) is 1. The highest BCUT2D eigenvalue weighted by Crippen LogP contribution is 2.31. The average molecular weight is 297 g/mol. The van der Waals surface area contributed by atoms with Gasteiger partial charge in [-0.15, -0.1) is 0 Å². The van der Waals surface area contributed by atoms with Gasteiger partial charge < -0.3 is 21.1 Å². The predicted octanol–water partition coefficient (Wildman–Crippen LogP) is 1.75. The number of carbonyl (C=O) groups is 2. The maximum absolute atomic E-state index is 12.4. The summed E-state index contributed by atoms with van der Waals surface area (Å²) in [5, 5.41) is 11.9. The Balaban J connectivity index is 1.81. The third kappa shape index (κ3) is 4.09. The summed E-state index contributed by atoms with van der Waals surface area (Å²) in [6.45, 7) is 2.97. The molecule has 1 saturated carbocycles. The van der Waals surface area contributed by atoms with E-state index in [1.807, 2.05) is 0 Å². The van der Waals surface area contributed by atoms with Crippen LogP contribution in [0.1, 0.15) is 51.9 Å². The highest BCUT2D eigenvalue weighted by molar-refractivity contribution is 5.79. The molecule has 0 unspecified atom stereocenters. The molecule has 0 aromatic rings. The van der Waals surface area contributed by atoms with Gasteiger partial charge in [0.05, 0.1) is 5.66 Å². The lowest BCUT2D eigenvalue weighted by Crippen LogP contribution is -2.62. The third-order valence-corrected chi connectivity index (χ3v) is 5.09. The average Bonchev–Trinajstić information content (AvgIpc) is 2.47. The maximum atomic E-state index is 12.4. The number of carbonyl (C=O) groups excluding carboxylic acids is 1. The van der Waals surface area contributed by atoms with Crippen LogP contribution in [0.4, 0.5) is 4.79 Å². The van der Waals surface area contributed by atoms with E-state index in [1.165, 1.54) is 11.3 Å². The van der Waals surface area contributed by atoms with Crippen molar-refractivity contribution < 1.29 is 14.7 Å². The van der Waals surface area contributed by atoms with E-state index in [4.69, 9.17) is 10.8 Å². The largest absolute Gasteiger partial charge is 0.465 e.